The standard InChI is InChI=1S/C55H78O15Si4/c1-52(2,3)48(56)40-17-25-44(26-18-40)63-33-14-36-71(10)67-72(11,37-15-34-64-45-27-19-41(20-28-45)49(57)53(4,5)60)69-74(13,39-66-47-31-23-43(24-32-47)51(59)55(8,9)62)70-73(12,68-71)38-16-35-65-46-29-21-42(22-30-46)50(58)54(6,7)61/h17-32,60-62H,14-16,33-39H2,1-13H3. The molecular weight excluding hydrogens is 1010 g/mol. The van der Waals surface area contributed by atoms with Gasteiger partial charge in [0.05, 0.1) is 19.8 Å². The van der Waals surface area contributed by atoms with Gasteiger partial charge < -0.3 is 50.7 Å². The Kier molecular flexibility index (Phi) is 19.6. The Balaban J connectivity index is 1.39. The summed E-state index contributed by atoms with van der Waals surface area (Å²) in [5, 5.41) is 30.8. The summed E-state index contributed by atoms with van der Waals surface area (Å²) in [5.74, 6) is 1.11. The van der Waals surface area contributed by atoms with Gasteiger partial charge in [-0.2, -0.15) is 0 Å². The van der Waals surface area contributed by atoms with Gasteiger partial charge in [0.15, 0.2) is 23.1 Å². The minimum atomic E-state index is -3.39. The van der Waals surface area contributed by atoms with E-state index >= 15 is 0 Å². The van der Waals surface area contributed by atoms with Crippen LogP contribution in [-0.4, -0.2) is 116 Å². The maximum atomic E-state index is 12.9. The van der Waals surface area contributed by atoms with E-state index in [4.69, 9.17) is 35.4 Å². The average molecular weight is 1090 g/mol. The van der Waals surface area contributed by atoms with E-state index in [2.05, 4.69) is 6.55 Å². The van der Waals surface area contributed by atoms with E-state index < -0.39 is 62.2 Å². The van der Waals surface area contributed by atoms with Crippen LogP contribution in [0.2, 0.25) is 44.3 Å². The molecule has 404 valence electrons. The molecule has 5 rings (SSSR count). The minimum absolute atomic E-state index is 0.0497. The van der Waals surface area contributed by atoms with E-state index in [0.29, 0.717) is 102 Å². The Morgan fingerprint density at radius 2 is 0.608 bits per heavy atom. The molecule has 19 heteroatoms. The number of benzene rings is 4. The molecule has 1 heterocycles. The van der Waals surface area contributed by atoms with Crippen molar-refractivity contribution in [3.63, 3.8) is 0 Å². The number of hydrogen-bond acceptors (Lipinski definition) is 15. The van der Waals surface area contributed by atoms with Crippen LogP contribution in [0.15, 0.2) is 97.1 Å². The first-order valence-corrected chi connectivity index (χ1v) is 35.4. The Labute approximate surface area is 441 Å². The van der Waals surface area contributed by atoms with E-state index in [-0.39, 0.29) is 23.6 Å². The molecule has 0 aliphatic carbocycles. The second-order valence-electron chi connectivity index (χ2n) is 22.4. The van der Waals surface area contributed by atoms with Gasteiger partial charge in [0.25, 0.3) is 0 Å². The SMILES string of the molecule is CC(C)(C)C(=O)c1ccc(OCCC[Si]2(C)O[Si](C)(CCCOc3ccc(C(=O)C(C)(C)O)cc3)O[Si](C)(COc3ccc(C(=O)C(C)(C)O)cc3)O[Si](C)(CCCOc3ccc(C(=O)C(C)(C)O)cc3)O2)cc1. The Bertz CT molecular complexity index is 2430. The monoisotopic (exact) mass is 1090 g/mol. The van der Waals surface area contributed by atoms with Crippen molar-refractivity contribution < 1.29 is 69.9 Å². The summed E-state index contributed by atoms with van der Waals surface area (Å²) in [6.45, 7) is 23.5. The van der Waals surface area contributed by atoms with Crippen molar-refractivity contribution >= 4 is 57.4 Å². The summed E-state index contributed by atoms with van der Waals surface area (Å²) >= 11 is 0. The number of rotatable bonds is 25. The maximum absolute atomic E-state index is 12.9. The molecule has 3 N–H and O–H groups in total. The zero-order chi connectivity index (χ0) is 55.0. The first-order valence-electron chi connectivity index (χ1n) is 25.3. The third-order valence-corrected chi connectivity index (χ3v) is 30.4. The number of ether oxygens (including phenoxy) is 4. The molecule has 1 aliphatic heterocycles. The molecule has 0 amide bonds. The molecule has 1 saturated heterocycles. The normalized spacial score (nSPS) is 21.7. The van der Waals surface area contributed by atoms with Gasteiger partial charge >= 0.3 is 34.2 Å². The molecule has 4 aromatic rings. The first kappa shape index (κ1) is 60.2. The van der Waals surface area contributed by atoms with Crippen molar-refractivity contribution in [2.45, 2.75) is 143 Å². The maximum Gasteiger partial charge on any atom is 0.356 e. The van der Waals surface area contributed by atoms with Gasteiger partial charge in [-0.3, -0.25) is 19.2 Å². The van der Waals surface area contributed by atoms with Crippen molar-refractivity contribution in [1.82, 2.24) is 0 Å². The van der Waals surface area contributed by atoms with Crippen LogP contribution in [-0.2, 0) is 16.5 Å². The molecule has 15 nitrogen and oxygen atoms in total. The molecule has 0 aromatic heterocycles. The lowest BCUT2D eigenvalue weighted by molar-refractivity contribution is 0.0487. The van der Waals surface area contributed by atoms with Crippen molar-refractivity contribution in [3.8, 4) is 23.0 Å². The number of aliphatic hydroxyl groups is 3. The van der Waals surface area contributed by atoms with Gasteiger partial charge in [0.2, 0.25) is 0 Å². The lowest BCUT2D eigenvalue weighted by atomic mass is 9.86. The van der Waals surface area contributed by atoms with Crippen LogP contribution in [0.4, 0.5) is 0 Å². The van der Waals surface area contributed by atoms with E-state index in [0.717, 1.165) is 0 Å². The predicted molar refractivity (Wildman–Crippen MR) is 293 cm³/mol. The van der Waals surface area contributed by atoms with Gasteiger partial charge in [-0.25, -0.2) is 0 Å². The highest BCUT2D eigenvalue weighted by Gasteiger charge is 2.57. The first-order chi connectivity index (χ1) is 34.2. The second kappa shape index (κ2) is 24.1. The lowest BCUT2D eigenvalue weighted by Crippen LogP contribution is -2.69. The van der Waals surface area contributed by atoms with Crippen LogP contribution in [0.5, 0.6) is 23.0 Å². The van der Waals surface area contributed by atoms with Gasteiger partial charge in [-0.15, -0.1) is 0 Å². The molecule has 0 radical (unpaired) electrons. The van der Waals surface area contributed by atoms with E-state index in [1.807, 2.05) is 52.5 Å². The van der Waals surface area contributed by atoms with Crippen LogP contribution < -0.4 is 18.9 Å². The molecule has 2 unspecified atom stereocenters. The molecule has 0 bridgehead atoms. The highest BCUT2D eigenvalue weighted by Crippen LogP contribution is 2.38. The van der Waals surface area contributed by atoms with Crippen LogP contribution in [0.3, 0.4) is 0 Å². The Hall–Kier alpha value is -4.65. The largest absolute Gasteiger partial charge is 0.494 e. The number of hydrogen-bond donors (Lipinski definition) is 3. The number of carbonyl (C=O) groups is 4. The summed E-state index contributed by atoms with van der Waals surface area (Å²) < 4.78 is 54.4. The van der Waals surface area contributed by atoms with Gasteiger partial charge in [-0.05, 0) is 202 Å². The number of ketones is 4. The number of Topliss-reactive ketones (excluding diaryl/α,β-unsaturated/α-hetero) is 4. The van der Waals surface area contributed by atoms with Crippen molar-refractivity contribution in [2.24, 2.45) is 5.41 Å². The summed E-state index contributed by atoms with van der Waals surface area (Å²) in [6, 6.07) is 28.7. The predicted octanol–water partition coefficient (Wildman–Crippen LogP) is 10.5. The third kappa shape index (κ3) is 17.7. The van der Waals surface area contributed by atoms with Crippen LogP contribution in [0.25, 0.3) is 0 Å². The topological polar surface area (TPSA) is 203 Å². The highest BCUT2D eigenvalue weighted by molar-refractivity contribution is 6.93. The van der Waals surface area contributed by atoms with E-state index in [1.54, 1.807) is 84.9 Å². The molecule has 4 aromatic carbocycles. The zero-order valence-electron chi connectivity index (χ0n) is 45.5. The molecule has 2 atom stereocenters. The zero-order valence-corrected chi connectivity index (χ0v) is 49.5. The summed E-state index contributed by atoms with van der Waals surface area (Å²) in [7, 11) is -13.0. The van der Waals surface area contributed by atoms with Gasteiger partial charge in [0.1, 0.15) is 46.0 Å². The van der Waals surface area contributed by atoms with Crippen molar-refractivity contribution in [3.05, 3.63) is 119 Å². The fraction of sp³-hybridized carbons (Fsp3) is 0.491. The molecule has 0 spiro atoms. The Morgan fingerprint density at radius 3 is 0.851 bits per heavy atom. The molecule has 0 saturated carbocycles. The highest BCUT2D eigenvalue weighted by atomic mass is 28.5. The molecule has 1 aliphatic rings. The van der Waals surface area contributed by atoms with Crippen LogP contribution >= 0.6 is 0 Å². The van der Waals surface area contributed by atoms with Crippen molar-refractivity contribution in [2.75, 3.05) is 26.1 Å². The molecular formula is C55H78O15Si4. The third-order valence-electron chi connectivity index (χ3n) is 12.2. The Morgan fingerprint density at radius 1 is 0.378 bits per heavy atom. The van der Waals surface area contributed by atoms with Crippen LogP contribution in [0, 0.1) is 5.41 Å². The number of carbonyl (C=O) groups excluding carboxylic acids is 4. The van der Waals surface area contributed by atoms with Gasteiger partial charge in [-0.1, -0.05) is 20.8 Å². The summed E-state index contributed by atoms with van der Waals surface area (Å²) in [5.41, 5.74) is -3.34. The van der Waals surface area contributed by atoms with E-state index in [1.165, 1.54) is 41.5 Å². The summed E-state index contributed by atoms with van der Waals surface area (Å²) in [6.07, 6.45) is 1.76. The fourth-order valence-electron chi connectivity index (χ4n) is 8.54. The minimum Gasteiger partial charge on any atom is -0.494 e. The lowest BCUT2D eigenvalue weighted by Gasteiger charge is -2.50. The molecule has 74 heavy (non-hydrogen) atoms. The fourth-order valence-corrected chi connectivity index (χ4v) is 31.0. The van der Waals surface area contributed by atoms with Gasteiger partial charge in [0, 0.05) is 27.7 Å². The molecule has 1 fully saturated rings. The second-order valence-corrected chi connectivity index (χ2v) is 36.6. The van der Waals surface area contributed by atoms with E-state index in [9.17, 15) is 34.5 Å². The summed E-state index contributed by atoms with van der Waals surface area (Å²) in [4.78, 5) is 50.9. The quantitative estimate of drug-likeness (QED) is 0.0321. The van der Waals surface area contributed by atoms with Crippen LogP contribution in [0.1, 0.15) is 123 Å². The average Bonchev–Trinajstić information content (AvgIpc) is 3.30. The smallest absolute Gasteiger partial charge is 0.356 e. The van der Waals surface area contributed by atoms with Crippen molar-refractivity contribution in [1.29, 1.82) is 0 Å².